The highest BCUT2D eigenvalue weighted by Crippen LogP contribution is 2.30. The number of fused-ring (bicyclic) bond motifs is 1. The van der Waals surface area contributed by atoms with Crippen LogP contribution in [-0.4, -0.2) is 5.78 Å². The second-order valence-corrected chi connectivity index (χ2v) is 6.40. The maximum Gasteiger partial charge on any atom is 0.229 e. The lowest BCUT2D eigenvalue weighted by Crippen LogP contribution is -2.00. The van der Waals surface area contributed by atoms with Gasteiger partial charge in [0.1, 0.15) is 0 Å². The Bertz CT molecular complexity index is 824. The van der Waals surface area contributed by atoms with E-state index in [0.29, 0.717) is 20.6 Å². The van der Waals surface area contributed by atoms with E-state index in [9.17, 15) is 4.79 Å². The summed E-state index contributed by atoms with van der Waals surface area (Å²) in [6.45, 7) is 0. The monoisotopic (exact) mass is 412 g/mol. The highest BCUT2D eigenvalue weighted by atomic mass is 79.9. The van der Waals surface area contributed by atoms with E-state index in [0.717, 1.165) is 9.86 Å². The van der Waals surface area contributed by atoms with Crippen molar-refractivity contribution in [3.63, 3.8) is 0 Å². The zero-order valence-corrected chi connectivity index (χ0v) is 13.9. The molecule has 20 heavy (non-hydrogen) atoms. The molecule has 0 aliphatic carbocycles. The number of rotatable bonds is 2. The van der Waals surface area contributed by atoms with Crippen LogP contribution in [0, 0.1) is 0 Å². The lowest BCUT2D eigenvalue weighted by molar-refractivity contribution is 0.101. The van der Waals surface area contributed by atoms with Crippen LogP contribution in [0.1, 0.15) is 16.1 Å². The fraction of sp³-hybridized carbons (Fsp3) is 0. The van der Waals surface area contributed by atoms with Crippen molar-refractivity contribution in [1.82, 2.24) is 0 Å². The summed E-state index contributed by atoms with van der Waals surface area (Å²) in [6, 6.07) is 12.5. The van der Waals surface area contributed by atoms with E-state index in [1.165, 1.54) is 0 Å². The van der Waals surface area contributed by atoms with Crippen LogP contribution in [0.15, 0.2) is 55.8 Å². The molecule has 0 fully saturated rings. The van der Waals surface area contributed by atoms with Gasteiger partial charge in [-0.3, -0.25) is 4.79 Å². The summed E-state index contributed by atoms with van der Waals surface area (Å²) in [7, 11) is 0. The van der Waals surface area contributed by atoms with Gasteiger partial charge in [-0.15, -0.1) is 0 Å². The van der Waals surface area contributed by atoms with E-state index < -0.39 is 0 Å². The van der Waals surface area contributed by atoms with E-state index in [-0.39, 0.29) is 11.5 Å². The third-order valence-electron chi connectivity index (χ3n) is 2.90. The smallest absolute Gasteiger partial charge is 0.229 e. The molecule has 0 bridgehead atoms. The molecule has 0 spiro atoms. The summed E-state index contributed by atoms with van der Waals surface area (Å²) < 4.78 is 7.19. The van der Waals surface area contributed by atoms with E-state index in [1.807, 2.05) is 24.3 Å². The van der Waals surface area contributed by atoms with Gasteiger partial charge in [0.15, 0.2) is 11.3 Å². The Labute approximate surface area is 137 Å². The number of carbonyl (C=O) groups excluding carboxylic acids is 1. The zero-order valence-electron chi connectivity index (χ0n) is 9.99. The van der Waals surface area contributed by atoms with Crippen molar-refractivity contribution in [3.05, 3.63) is 67.8 Å². The molecule has 0 N–H and O–H groups in total. The van der Waals surface area contributed by atoms with Gasteiger partial charge in [-0.1, -0.05) is 39.7 Å². The van der Waals surface area contributed by atoms with Gasteiger partial charge >= 0.3 is 0 Å². The van der Waals surface area contributed by atoms with Gasteiger partial charge in [0, 0.05) is 19.9 Å². The number of hydrogen-bond acceptors (Lipinski definition) is 2. The SMILES string of the molecule is O=C(c1cc2cccc(Cl)c2o1)c1ccc(Br)cc1Br. The molecule has 0 atom stereocenters. The van der Waals surface area contributed by atoms with Crippen LogP contribution < -0.4 is 0 Å². The summed E-state index contributed by atoms with van der Waals surface area (Å²) in [5, 5.41) is 1.31. The van der Waals surface area contributed by atoms with Crippen LogP contribution >= 0.6 is 43.5 Å². The van der Waals surface area contributed by atoms with Crippen molar-refractivity contribution in [2.24, 2.45) is 0 Å². The second kappa shape index (κ2) is 5.35. The van der Waals surface area contributed by atoms with Crippen LogP contribution in [0.4, 0.5) is 0 Å². The minimum atomic E-state index is -0.184. The number of hydrogen-bond donors (Lipinski definition) is 0. The van der Waals surface area contributed by atoms with Crippen LogP contribution in [-0.2, 0) is 0 Å². The first kappa shape index (κ1) is 13.9. The van der Waals surface area contributed by atoms with Gasteiger partial charge in [-0.05, 0) is 46.3 Å². The van der Waals surface area contributed by atoms with Crippen molar-refractivity contribution < 1.29 is 9.21 Å². The lowest BCUT2D eigenvalue weighted by atomic mass is 10.1. The molecular weight excluding hydrogens is 407 g/mol. The van der Waals surface area contributed by atoms with Crippen molar-refractivity contribution in [3.8, 4) is 0 Å². The first-order valence-corrected chi connectivity index (χ1v) is 7.70. The third kappa shape index (κ3) is 2.43. The fourth-order valence-electron chi connectivity index (χ4n) is 1.95. The molecule has 1 heterocycles. The van der Waals surface area contributed by atoms with Gasteiger partial charge in [-0.25, -0.2) is 0 Å². The Kier molecular flexibility index (Phi) is 3.71. The number of para-hydroxylation sites is 1. The normalized spacial score (nSPS) is 10.9. The quantitative estimate of drug-likeness (QED) is 0.493. The van der Waals surface area contributed by atoms with Gasteiger partial charge in [0.05, 0.1) is 5.02 Å². The molecule has 5 heteroatoms. The molecule has 2 aromatic carbocycles. The first-order valence-electron chi connectivity index (χ1n) is 5.74. The minimum absolute atomic E-state index is 0.184. The highest BCUT2D eigenvalue weighted by Gasteiger charge is 2.18. The molecular formula is C15H7Br2ClO2. The van der Waals surface area contributed by atoms with Gasteiger partial charge < -0.3 is 4.42 Å². The molecule has 0 saturated heterocycles. The molecule has 3 rings (SSSR count). The summed E-state index contributed by atoms with van der Waals surface area (Å²) >= 11 is 12.8. The second-order valence-electron chi connectivity index (χ2n) is 4.22. The Morgan fingerprint density at radius 1 is 1.10 bits per heavy atom. The molecule has 3 aromatic rings. The van der Waals surface area contributed by atoms with Gasteiger partial charge in [-0.2, -0.15) is 0 Å². The highest BCUT2D eigenvalue weighted by molar-refractivity contribution is 9.11. The van der Waals surface area contributed by atoms with Crippen molar-refractivity contribution in [2.45, 2.75) is 0 Å². The molecule has 0 aliphatic heterocycles. The molecule has 0 radical (unpaired) electrons. The van der Waals surface area contributed by atoms with Crippen LogP contribution in [0.2, 0.25) is 5.02 Å². The Morgan fingerprint density at radius 2 is 1.90 bits per heavy atom. The average Bonchev–Trinajstić information content (AvgIpc) is 2.83. The molecule has 1 aromatic heterocycles. The Morgan fingerprint density at radius 3 is 2.60 bits per heavy atom. The molecule has 2 nitrogen and oxygen atoms in total. The van der Waals surface area contributed by atoms with Crippen molar-refractivity contribution in [1.29, 1.82) is 0 Å². The van der Waals surface area contributed by atoms with Gasteiger partial charge in [0.2, 0.25) is 5.78 Å². The lowest BCUT2D eigenvalue weighted by Gasteiger charge is -2.01. The van der Waals surface area contributed by atoms with Crippen molar-refractivity contribution in [2.75, 3.05) is 0 Å². The molecule has 0 aliphatic rings. The molecule has 0 saturated carbocycles. The predicted octanol–water partition coefficient (Wildman–Crippen LogP) is 5.84. The number of furan rings is 1. The third-order valence-corrected chi connectivity index (χ3v) is 4.34. The average molecular weight is 414 g/mol. The first-order chi connectivity index (χ1) is 9.56. The topological polar surface area (TPSA) is 30.2 Å². The molecule has 0 unspecified atom stereocenters. The Balaban J connectivity index is 2.10. The van der Waals surface area contributed by atoms with Gasteiger partial charge in [0.25, 0.3) is 0 Å². The van der Waals surface area contributed by atoms with E-state index in [2.05, 4.69) is 31.9 Å². The van der Waals surface area contributed by atoms with E-state index >= 15 is 0 Å². The van der Waals surface area contributed by atoms with E-state index in [4.69, 9.17) is 16.0 Å². The number of carbonyl (C=O) groups is 1. The summed E-state index contributed by atoms with van der Waals surface area (Å²) in [5.74, 6) is 0.0905. The number of halogens is 3. The predicted molar refractivity (Wildman–Crippen MR) is 86.5 cm³/mol. The largest absolute Gasteiger partial charge is 0.451 e. The van der Waals surface area contributed by atoms with Crippen LogP contribution in [0.3, 0.4) is 0 Å². The zero-order chi connectivity index (χ0) is 14.3. The maximum atomic E-state index is 12.5. The van der Waals surface area contributed by atoms with E-state index in [1.54, 1.807) is 18.2 Å². The summed E-state index contributed by atoms with van der Waals surface area (Å²) in [4.78, 5) is 12.5. The summed E-state index contributed by atoms with van der Waals surface area (Å²) in [6.07, 6.45) is 0. The van der Waals surface area contributed by atoms with Crippen LogP contribution in [0.5, 0.6) is 0 Å². The standard InChI is InChI=1S/C15H7Br2ClO2/c16-9-4-5-10(11(17)7-9)14(19)13-6-8-2-1-3-12(18)15(8)20-13/h1-7H. The number of ketones is 1. The number of benzene rings is 2. The molecule has 0 amide bonds. The minimum Gasteiger partial charge on any atom is -0.451 e. The van der Waals surface area contributed by atoms with Crippen LogP contribution in [0.25, 0.3) is 11.0 Å². The van der Waals surface area contributed by atoms with Crippen molar-refractivity contribution >= 4 is 60.2 Å². The molecule has 100 valence electrons. The summed E-state index contributed by atoms with van der Waals surface area (Å²) in [5.41, 5.74) is 1.08. The fourth-order valence-corrected chi connectivity index (χ4v) is 3.39. The Hall–Kier alpha value is -1.10. The maximum absolute atomic E-state index is 12.5.